The topological polar surface area (TPSA) is 28.2 Å². The maximum Gasteiger partial charge on any atom is 0.251 e. The molecule has 20 heavy (non-hydrogen) atoms. The normalized spacial score (nSPS) is 11.5. The van der Waals surface area contributed by atoms with E-state index < -0.39 is 6.43 Å². The van der Waals surface area contributed by atoms with E-state index in [1.807, 2.05) is 37.3 Å². The average molecular weight is 279 g/mol. The average Bonchev–Trinajstić information content (AvgIpc) is 2.38. The van der Waals surface area contributed by atoms with Crippen molar-refractivity contribution in [3.8, 4) is 0 Å². The van der Waals surface area contributed by atoms with Crippen LogP contribution in [0.3, 0.4) is 0 Å². The molecule has 3 nitrogen and oxygen atoms in total. The number of hydrogen-bond donors (Lipinski definition) is 1. The molecule has 0 amide bonds. The van der Waals surface area contributed by atoms with E-state index in [4.69, 9.17) is 0 Å². The summed E-state index contributed by atoms with van der Waals surface area (Å²) in [7, 11) is 1.69. The Morgan fingerprint density at radius 2 is 2.05 bits per heavy atom. The lowest BCUT2D eigenvalue weighted by atomic mass is 10.1. The maximum atomic E-state index is 12.4. The zero-order valence-corrected chi connectivity index (χ0v) is 11.7. The minimum absolute atomic E-state index is 0.238. The first-order valence-corrected chi connectivity index (χ1v) is 6.69. The fourth-order valence-corrected chi connectivity index (χ4v) is 2.19. The van der Waals surface area contributed by atoms with Gasteiger partial charge < -0.3 is 5.32 Å². The molecule has 2 rings (SSSR count). The predicted molar refractivity (Wildman–Crippen MR) is 78.2 cm³/mol. The highest BCUT2D eigenvalue weighted by molar-refractivity contribution is 5.81. The first-order valence-electron chi connectivity index (χ1n) is 6.69. The third-order valence-electron chi connectivity index (χ3n) is 3.04. The Bertz CT molecular complexity index is 572. The molecule has 0 radical (unpaired) electrons. The van der Waals surface area contributed by atoms with Crippen molar-refractivity contribution in [3.63, 3.8) is 0 Å². The monoisotopic (exact) mass is 279 g/mol. The fourth-order valence-electron chi connectivity index (χ4n) is 2.19. The number of alkyl halides is 2. The van der Waals surface area contributed by atoms with E-state index in [0.717, 1.165) is 28.8 Å². The third-order valence-corrected chi connectivity index (χ3v) is 3.04. The van der Waals surface area contributed by atoms with Gasteiger partial charge in [-0.1, -0.05) is 18.2 Å². The number of aromatic nitrogens is 1. The van der Waals surface area contributed by atoms with Crippen LogP contribution in [0.5, 0.6) is 0 Å². The molecule has 5 heteroatoms. The van der Waals surface area contributed by atoms with Crippen LogP contribution in [-0.2, 0) is 6.54 Å². The van der Waals surface area contributed by atoms with Crippen molar-refractivity contribution in [1.82, 2.24) is 9.88 Å². The van der Waals surface area contributed by atoms with Gasteiger partial charge in [0.2, 0.25) is 0 Å². The predicted octanol–water partition coefficient (Wildman–Crippen LogP) is 3.36. The van der Waals surface area contributed by atoms with E-state index in [1.165, 1.54) is 0 Å². The number of nitrogens with one attached hydrogen (secondary N) is 1. The zero-order valence-electron chi connectivity index (χ0n) is 11.7. The van der Waals surface area contributed by atoms with Crippen molar-refractivity contribution >= 4 is 16.7 Å². The Balaban J connectivity index is 2.31. The molecule has 0 aliphatic rings. The second-order valence-corrected chi connectivity index (χ2v) is 4.81. The fraction of sp³-hybridized carbons (Fsp3) is 0.400. The van der Waals surface area contributed by atoms with E-state index in [9.17, 15) is 8.78 Å². The highest BCUT2D eigenvalue weighted by Gasteiger charge is 2.12. The number of pyridine rings is 1. The second-order valence-electron chi connectivity index (χ2n) is 4.81. The Morgan fingerprint density at radius 3 is 2.75 bits per heavy atom. The summed E-state index contributed by atoms with van der Waals surface area (Å²) in [6.07, 6.45) is -2.32. The Labute approximate surface area is 117 Å². The lowest BCUT2D eigenvalue weighted by Gasteiger charge is -2.18. The van der Waals surface area contributed by atoms with Crippen molar-refractivity contribution in [1.29, 1.82) is 0 Å². The minimum atomic E-state index is -2.32. The number of fused-ring (bicyclic) bond motifs is 1. The van der Waals surface area contributed by atoms with E-state index in [2.05, 4.69) is 10.3 Å². The van der Waals surface area contributed by atoms with Gasteiger partial charge in [0.05, 0.1) is 12.1 Å². The molecular formula is C15H19F2N3. The molecule has 2 aromatic rings. The van der Waals surface area contributed by atoms with Gasteiger partial charge in [-0.2, -0.15) is 0 Å². The van der Waals surface area contributed by atoms with Crippen molar-refractivity contribution in [2.75, 3.05) is 25.5 Å². The van der Waals surface area contributed by atoms with E-state index in [1.54, 1.807) is 11.9 Å². The van der Waals surface area contributed by atoms with Crippen LogP contribution in [0.4, 0.5) is 14.6 Å². The first-order chi connectivity index (χ1) is 9.60. The van der Waals surface area contributed by atoms with Crippen LogP contribution in [0.1, 0.15) is 12.5 Å². The Hall–Kier alpha value is -1.75. The van der Waals surface area contributed by atoms with E-state index in [0.29, 0.717) is 6.54 Å². The molecule has 0 aliphatic carbocycles. The first kappa shape index (κ1) is 14.7. The Morgan fingerprint density at radius 1 is 1.30 bits per heavy atom. The molecular weight excluding hydrogens is 260 g/mol. The van der Waals surface area contributed by atoms with Gasteiger partial charge in [0.15, 0.2) is 0 Å². The molecule has 0 saturated carbocycles. The molecule has 0 bridgehead atoms. The van der Waals surface area contributed by atoms with Crippen LogP contribution in [0.2, 0.25) is 0 Å². The smallest absolute Gasteiger partial charge is 0.251 e. The number of nitrogens with zero attached hydrogens (tertiary/aromatic N) is 2. The van der Waals surface area contributed by atoms with Crippen LogP contribution in [0.15, 0.2) is 30.3 Å². The molecule has 0 aliphatic heterocycles. The lowest BCUT2D eigenvalue weighted by molar-refractivity contribution is 0.0976. The van der Waals surface area contributed by atoms with Gasteiger partial charge in [-0.3, -0.25) is 4.90 Å². The largest absolute Gasteiger partial charge is 0.370 e. The van der Waals surface area contributed by atoms with Gasteiger partial charge in [-0.15, -0.1) is 0 Å². The van der Waals surface area contributed by atoms with Crippen molar-refractivity contribution in [3.05, 3.63) is 35.9 Å². The number of anilines is 1. The molecule has 1 N–H and O–H groups in total. The number of rotatable bonds is 6. The number of halogens is 2. The van der Waals surface area contributed by atoms with E-state index >= 15 is 0 Å². The maximum absolute atomic E-state index is 12.4. The van der Waals surface area contributed by atoms with Crippen LogP contribution >= 0.6 is 0 Å². The van der Waals surface area contributed by atoms with Crippen molar-refractivity contribution in [2.24, 2.45) is 0 Å². The van der Waals surface area contributed by atoms with Gasteiger partial charge in [-0.05, 0) is 26.1 Å². The summed E-state index contributed by atoms with van der Waals surface area (Å²) in [5.41, 5.74) is 1.84. The summed E-state index contributed by atoms with van der Waals surface area (Å²) < 4.78 is 24.8. The lowest BCUT2D eigenvalue weighted by Crippen LogP contribution is -2.24. The van der Waals surface area contributed by atoms with Crippen LogP contribution in [-0.4, -0.2) is 36.4 Å². The minimum Gasteiger partial charge on any atom is -0.370 e. The van der Waals surface area contributed by atoms with Crippen molar-refractivity contribution in [2.45, 2.75) is 19.9 Å². The summed E-state index contributed by atoms with van der Waals surface area (Å²) in [4.78, 5) is 6.18. The molecule has 0 spiro atoms. The Kier molecular flexibility index (Phi) is 4.84. The number of benzene rings is 1. The number of hydrogen-bond acceptors (Lipinski definition) is 3. The molecule has 108 valence electrons. The van der Waals surface area contributed by atoms with Gasteiger partial charge in [0.25, 0.3) is 6.43 Å². The second kappa shape index (κ2) is 6.61. The molecule has 1 aromatic heterocycles. The van der Waals surface area contributed by atoms with Gasteiger partial charge >= 0.3 is 0 Å². The number of para-hydroxylation sites is 1. The molecule has 0 unspecified atom stereocenters. The van der Waals surface area contributed by atoms with Crippen molar-refractivity contribution < 1.29 is 8.78 Å². The van der Waals surface area contributed by atoms with Gasteiger partial charge in [0, 0.05) is 24.0 Å². The summed E-state index contributed by atoms with van der Waals surface area (Å²) in [5, 5.41) is 4.22. The molecule has 0 fully saturated rings. The van der Waals surface area contributed by atoms with Gasteiger partial charge in [-0.25, -0.2) is 13.8 Å². The standard InChI is InChI=1S/C15H19F2N3/c1-3-18-15-12(9-20(2)10-14(16)17)8-11-6-4-5-7-13(11)19-15/h4-8,14H,3,9-10H2,1-2H3,(H,18,19). The highest BCUT2D eigenvalue weighted by atomic mass is 19.3. The highest BCUT2D eigenvalue weighted by Crippen LogP contribution is 2.21. The molecule has 0 saturated heterocycles. The summed E-state index contributed by atoms with van der Waals surface area (Å²) >= 11 is 0. The van der Waals surface area contributed by atoms with Gasteiger partial charge in [0.1, 0.15) is 5.82 Å². The van der Waals surface area contributed by atoms with E-state index in [-0.39, 0.29) is 6.54 Å². The summed E-state index contributed by atoms with van der Waals surface area (Å²) in [5.74, 6) is 0.771. The van der Waals surface area contributed by atoms with Crippen LogP contribution in [0.25, 0.3) is 10.9 Å². The summed E-state index contributed by atoms with van der Waals surface area (Å²) in [6, 6.07) is 9.83. The van der Waals surface area contributed by atoms with Crippen LogP contribution < -0.4 is 5.32 Å². The molecule has 0 atom stereocenters. The van der Waals surface area contributed by atoms with Crippen LogP contribution in [0, 0.1) is 0 Å². The molecule has 1 heterocycles. The quantitative estimate of drug-likeness (QED) is 0.878. The SMILES string of the molecule is CCNc1nc2ccccc2cc1CN(C)CC(F)F. The zero-order chi connectivity index (χ0) is 14.5. The molecule has 1 aromatic carbocycles. The summed E-state index contributed by atoms with van der Waals surface area (Å²) in [6.45, 7) is 2.95. The third kappa shape index (κ3) is 3.63.